The van der Waals surface area contributed by atoms with Crippen molar-refractivity contribution in [3.8, 4) is 5.75 Å². The Labute approximate surface area is 136 Å². The number of halogens is 3. The highest BCUT2D eigenvalue weighted by atomic mass is 32.2. The lowest BCUT2D eigenvalue weighted by molar-refractivity contribution is -0.153. The van der Waals surface area contributed by atoms with Crippen molar-refractivity contribution in [1.29, 1.82) is 0 Å². The molecule has 1 N–H and O–H groups in total. The van der Waals surface area contributed by atoms with Gasteiger partial charge in [0.2, 0.25) is 10.0 Å². The largest absolute Gasteiger partial charge is 0.484 e. The summed E-state index contributed by atoms with van der Waals surface area (Å²) < 4.78 is 68.1. The molecule has 0 spiro atoms. The molecular formula is C14H14F3NO3S2. The highest BCUT2D eigenvalue weighted by molar-refractivity contribution is 7.89. The average molecular weight is 365 g/mol. The third kappa shape index (κ3) is 5.22. The molecule has 0 saturated carbocycles. The smallest absolute Gasteiger partial charge is 0.422 e. The van der Waals surface area contributed by atoms with Crippen LogP contribution in [0.5, 0.6) is 5.75 Å². The zero-order valence-corrected chi connectivity index (χ0v) is 13.7. The summed E-state index contributed by atoms with van der Waals surface area (Å²) in [4.78, 5) is 0.118. The number of hydrogen-bond donors (Lipinski definition) is 1. The molecule has 0 fully saturated rings. The van der Waals surface area contributed by atoms with Crippen LogP contribution in [0.3, 0.4) is 0 Å². The van der Waals surface area contributed by atoms with Gasteiger partial charge < -0.3 is 4.74 Å². The molecule has 2 aromatic rings. The Bertz CT molecular complexity index is 756. The molecule has 2 rings (SSSR count). The van der Waals surface area contributed by atoms with E-state index in [0.29, 0.717) is 11.1 Å². The van der Waals surface area contributed by atoms with E-state index in [9.17, 15) is 21.6 Å². The fraction of sp³-hybridized carbons (Fsp3) is 0.286. The van der Waals surface area contributed by atoms with Crippen molar-refractivity contribution >= 4 is 21.4 Å². The third-order valence-electron chi connectivity index (χ3n) is 2.87. The third-order valence-corrected chi connectivity index (χ3v) is 5.10. The van der Waals surface area contributed by atoms with Crippen LogP contribution in [0.1, 0.15) is 11.1 Å². The van der Waals surface area contributed by atoms with Crippen LogP contribution in [0, 0.1) is 6.92 Å². The van der Waals surface area contributed by atoms with Gasteiger partial charge in [0.05, 0.1) is 4.90 Å². The summed E-state index contributed by atoms with van der Waals surface area (Å²) in [5.41, 5.74) is 1.05. The van der Waals surface area contributed by atoms with E-state index < -0.39 is 22.8 Å². The predicted octanol–water partition coefficient (Wildman–Crippen LogP) is 3.48. The fourth-order valence-electron chi connectivity index (χ4n) is 1.76. The van der Waals surface area contributed by atoms with Gasteiger partial charge >= 0.3 is 6.18 Å². The van der Waals surface area contributed by atoms with Gasteiger partial charge in [-0.25, -0.2) is 13.1 Å². The Kier molecular flexibility index (Phi) is 5.33. The van der Waals surface area contributed by atoms with Gasteiger partial charge in [-0.05, 0) is 30.0 Å². The van der Waals surface area contributed by atoms with E-state index in [2.05, 4.69) is 4.72 Å². The number of alkyl halides is 3. The second-order valence-corrected chi connectivity index (χ2v) is 7.35. The van der Waals surface area contributed by atoms with Crippen LogP contribution in [0.15, 0.2) is 39.9 Å². The van der Waals surface area contributed by atoms with Gasteiger partial charge in [-0.3, -0.25) is 0 Å². The van der Waals surface area contributed by atoms with Crippen molar-refractivity contribution in [2.75, 3.05) is 6.61 Å². The van der Waals surface area contributed by atoms with E-state index in [0.717, 1.165) is 0 Å². The number of rotatable bonds is 6. The minimum Gasteiger partial charge on any atom is -0.484 e. The lowest BCUT2D eigenvalue weighted by Crippen LogP contribution is -2.24. The van der Waals surface area contributed by atoms with Crippen molar-refractivity contribution in [2.24, 2.45) is 0 Å². The maximum absolute atomic E-state index is 12.3. The number of hydrogen-bond acceptors (Lipinski definition) is 4. The van der Waals surface area contributed by atoms with Crippen LogP contribution in [0.4, 0.5) is 13.2 Å². The molecule has 0 unspecified atom stereocenters. The Balaban J connectivity index is 2.13. The highest BCUT2D eigenvalue weighted by Gasteiger charge is 2.29. The van der Waals surface area contributed by atoms with Crippen LogP contribution >= 0.6 is 11.3 Å². The van der Waals surface area contributed by atoms with E-state index in [1.807, 2.05) is 0 Å². The lowest BCUT2D eigenvalue weighted by atomic mass is 10.1. The number of benzene rings is 1. The number of sulfonamides is 1. The molecule has 0 atom stereocenters. The normalized spacial score (nSPS) is 12.3. The zero-order chi connectivity index (χ0) is 17.1. The van der Waals surface area contributed by atoms with Crippen molar-refractivity contribution in [3.05, 3.63) is 46.2 Å². The van der Waals surface area contributed by atoms with E-state index in [1.54, 1.807) is 18.4 Å². The summed E-state index contributed by atoms with van der Waals surface area (Å²) >= 11 is 1.24. The number of ether oxygens (including phenoxy) is 1. The average Bonchev–Trinajstić information content (AvgIpc) is 2.98. The second kappa shape index (κ2) is 6.90. The number of nitrogens with one attached hydrogen (secondary N) is 1. The molecule has 0 radical (unpaired) electrons. The van der Waals surface area contributed by atoms with Crippen LogP contribution < -0.4 is 9.46 Å². The highest BCUT2D eigenvalue weighted by Crippen LogP contribution is 2.24. The molecule has 23 heavy (non-hydrogen) atoms. The van der Waals surface area contributed by atoms with Crippen molar-refractivity contribution < 1.29 is 26.3 Å². The topological polar surface area (TPSA) is 55.4 Å². The Morgan fingerprint density at radius 2 is 2.00 bits per heavy atom. The van der Waals surface area contributed by atoms with Gasteiger partial charge in [-0.1, -0.05) is 12.1 Å². The molecular weight excluding hydrogens is 351 g/mol. The minimum atomic E-state index is -4.46. The molecule has 0 aliphatic carbocycles. The standard InChI is InChI=1S/C14H14F3NO3S2/c1-10-2-3-11(13(6-10)21-9-14(15,16)17)7-18-23(19,20)12-4-5-22-8-12/h2-6,8,18H,7,9H2,1H3. The molecule has 0 amide bonds. The van der Waals surface area contributed by atoms with E-state index in [1.165, 1.54) is 34.9 Å². The summed E-state index contributed by atoms with van der Waals surface area (Å²) in [5, 5.41) is 3.09. The van der Waals surface area contributed by atoms with Crippen LogP contribution in [0.25, 0.3) is 0 Å². The number of aryl methyl sites for hydroxylation is 1. The lowest BCUT2D eigenvalue weighted by Gasteiger charge is -2.14. The van der Waals surface area contributed by atoms with Gasteiger partial charge in [-0.15, -0.1) is 0 Å². The quantitative estimate of drug-likeness (QED) is 0.853. The summed E-state index contributed by atoms with van der Waals surface area (Å²) in [6.07, 6.45) is -4.46. The molecule has 4 nitrogen and oxygen atoms in total. The molecule has 0 aliphatic rings. The second-order valence-electron chi connectivity index (χ2n) is 4.80. The first-order valence-electron chi connectivity index (χ1n) is 6.48. The summed E-state index contributed by atoms with van der Waals surface area (Å²) in [6.45, 7) is 0.117. The first-order chi connectivity index (χ1) is 10.7. The molecule has 1 heterocycles. The van der Waals surface area contributed by atoms with Crippen molar-refractivity contribution in [2.45, 2.75) is 24.5 Å². The molecule has 0 bridgehead atoms. The molecule has 0 aliphatic heterocycles. The van der Waals surface area contributed by atoms with Gasteiger partial charge in [0.25, 0.3) is 0 Å². The predicted molar refractivity (Wildman–Crippen MR) is 81.1 cm³/mol. The SMILES string of the molecule is Cc1ccc(CNS(=O)(=O)c2ccsc2)c(OCC(F)(F)F)c1. The van der Waals surface area contributed by atoms with E-state index in [-0.39, 0.29) is 17.2 Å². The van der Waals surface area contributed by atoms with Gasteiger partial charge in [0.15, 0.2) is 6.61 Å². The van der Waals surface area contributed by atoms with Crippen LogP contribution in [0.2, 0.25) is 0 Å². The maximum Gasteiger partial charge on any atom is 0.422 e. The molecule has 1 aromatic carbocycles. The Morgan fingerprint density at radius 3 is 2.61 bits per heavy atom. The van der Waals surface area contributed by atoms with Gasteiger partial charge in [0, 0.05) is 17.5 Å². The van der Waals surface area contributed by atoms with E-state index in [4.69, 9.17) is 4.74 Å². The molecule has 126 valence electrons. The van der Waals surface area contributed by atoms with Crippen molar-refractivity contribution in [1.82, 2.24) is 4.72 Å². The first-order valence-corrected chi connectivity index (χ1v) is 8.91. The molecule has 0 saturated heterocycles. The molecule has 9 heteroatoms. The summed E-state index contributed by atoms with van der Waals surface area (Å²) in [6, 6.07) is 6.11. The maximum atomic E-state index is 12.3. The summed E-state index contributed by atoms with van der Waals surface area (Å²) in [5.74, 6) is 0.00958. The van der Waals surface area contributed by atoms with Crippen molar-refractivity contribution in [3.63, 3.8) is 0 Å². The first kappa shape index (κ1) is 17.8. The zero-order valence-electron chi connectivity index (χ0n) is 12.1. The summed E-state index contributed by atoms with van der Waals surface area (Å²) in [7, 11) is -3.70. The van der Waals surface area contributed by atoms with Gasteiger partial charge in [-0.2, -0.15) is 24.5 Å². The molecule has 1 aromatic heterocycles. The number of thiophene rings is 1. The van der Waals surface area contributed by atoms with Crippen LogP contribution in [-0.2, 0) is 16.6 Å². The fourth-order valence-corrected chi connectivity index (χ4v) is 3.80. The Morgan fingerprint density at radius 1 is 1.26 bits per heavy atom. The van der Waals surface area contributed by atoms with Gasteiger partial charge in [0.1, 0.15) is 5.75 Å². The van der Waals surface area contributed by atoms with Crippen LogP contribution in [-0.4, -0.2) is 21.2 Å². The Hall–Kier alpha value is -1.58. The van der Waals surface area contributed by atoms with E-state index >= 15 is 0 Å². The monoisotopic (exact) mass is 365 g/mol. The minimum absolute atomic E-state index is 0.00958.